The van der Waals surface area contributed by atoms with Gasteiger partial charge in [0.2, 0.25) is 5.91 Å². The van der Waals surface area contributed by atoms with Crippen molar-refractivity contribution in [1.82, 2.24) is 9.88 Å². The Morgan fingerprint density at radius 1 is 1.21 bits per heavy atom. The van der Waals surface area contributed by atoms with Gasteiger partial charge in [0, 0.05) is 36.9 Å². The fourth-order valence-corrected chi connectivity index (χ4v) is 6.00. The zero-order valence-corrected chi connectivity index (χ0v) is 17.0. The van der Waals surface area contributed by atoms with Gasteiger partial charge in [-0.2, -0.15) is 0 Å². The third-order valence-electron chi connectivity index (χ3n) is 6.58. The first-order valence-corrected chi connectivity index (χ1v) is 11.2. The van der Waals surface area contributed by atoms with Crippen LogP contribution in [0.4, 0.5) is 10.8 Å². The van der Waals surface area contributed by atoms with Gasteiger partial charge in [0.25, 0.3) is 0 Å². The molecule has 6 heteroatoms. The molecule has 2 aliphatic heterocycles. The molecule has 1 aliphatic carbocycles. The first-order valence-electron chi connectivity index (χ1n) is 10.4. The molecule has 5 nitrogen and oxygen atoms in total. The molecule has 3 heterocycles. The van der Waals surface area contributed by atoms with Gasteiger partial charge in [-0.05, 0) is 56.1 Å². The molecule has 1 N–H and O–H groups in total. The van der Waals surface area contributed by atoms with Gasteiger partial charge in [-0.25, -0.2) is 4.98 Å². The van der Waals surface area contributed by atoms with Crippen LogP contribution in [-0.2, 0) is 16.0 Å². The van der Waals surface area contributed by atoms with Gasteiger partial charge in [0.05, 0.1) is 11.6 Å². The Labute approximate surface area is 170 Å². The highest BCUT2D eigenvalue weighted by atomic mass is 32.1. The quantitative estimate of drug-likeness (QED) is 0.837. The van der Waals surface area contributed by atoms with Crippen molar-refractivity contribution < 1.29 is 9.53 Å². The second-order valence-corrected chi connectivity index (χ2v) is 9.47. The van der Waals surface area contributed by atoms with Crippen molar-refractivity contribution in [2.24, 2.45) is 5.41 Å². The van der Waals surface area contributed by atoms with Crippen molar-refractivity contribution in [3.63, 3.8) is 0 Å². The minimum Gasteiger partial charge on any atom is -0.381 e. The molecule has 1 spiro atoms. The summed E-state index contributed by atoms with van der Waals surface area (Å²) in [6, 6.07) is 10.1. The van der Waals surface area contributed by atoms with E-state index in [4.69, 9.17) is 9.72 Å². The summed E-state index contributed by atoms with van der Waals surface area (Å²) in [5, 5.41) is 4.31. The van der Waals surface area contributed by atoms with Crippen LogP contribution in [0.1, 0.15) is 48.6 Å². The average molecular weight is 398 g/mol. The number of hydrogen-bond donors (Lipinski definition) is 1. The molecule has 3 aliphatic rings. The Kier molecular flexibility index (Phi) is 4.85. The van der Waals surface area contributed by atoms with Crippen LogP contribution in [0.15, 0.2) is 30.3 Å². The van der Waals surface area contributed by atoms with Crippen molar-refractivity contribution in [2.75, 3.05) is 31.6 Å². The average Bonchev–Trinajstić information content (AvgIpc) is 3.32. The number of ether oxygens (including phenoxy) is 1. The zero-order valence-electron chi connectivity index (χ0n) is 16.2. The molecule has 1 amide bonds. The van der Waals surface area contributed by atoms with E-state index in [0.29, 0.717) is 11.3 Å². The molecule has 28 heavy (non-hydrogen) atoms. The van der Waals surface area contributed by atoms with Gasteiger partial charge >= 0.3 is 0 Å². The van der Waals surface area contributed by atoms with Gasteiger partial charge in [-0.3, -0.25) is 4.79 Å². The number of hydrogen-bond acceptors (Lipinski definition) is 5. The molecule has 1 aromatic carbocycles. The number of anilines is 2. The number of benzene rings is 1. The minimum atomic E-state index is -0.0682. The maximum atomic E-state index is 13.4. The van der Waals surface area contributed by atoms with Crippen LogP contribution in [0.5, 0.6) is 0 Å². The van der Waals surface area contributed by atoms with Gasteiger partial charge in [-0.15, -0.1) is 11.3 Å². The molecule has 0 bridgehead atoms. The number of amides is 1. The highest BCUT2D eigenvalue weighted by Gasteiger charge is 2.43. The summed E-state index contributed by atoms with van der Waals surface area (Å²) in [4.78, 5) is 21.7. The number of nitrogens with one attached hydrogen (secondary N) is 1. The molecule has 1 atom stereocenters. The normalized spacial score (nSPS) is 23.6. The van der Waals surface area contributed by atoms with E-state index in [-0.39, 0.29) is 5.92 Å². The smallest absolute Gasteiger partial charge is 0.231 e. The second kappa shape index (κ2) is 7.48. The molecule has 1 unspecified atom stereocenters. The van der Waals surface area contributed by atoms with Crippen molar-refractivity contribution in [2.45, 2.75) is 44.4 Å². The maximum Gasteiger partial charge on any atom is 0.231 e. The number of carbonyl (C=O) groups excluding carboxylic acids is 1. The predicted molar refractivity (Wildman–Crippen MR) is 111 cm³/mol. The lowest BCUT2D eigenvalue weighted by Crippen LogP contribution is -2.38. The molecule has 2 saturated heterocycles. The molecule has 0 saturated carbocycles. The summed E-state index contributed by atoms with van der Waals surface area (Å²) < 4.78 is 5.55. The lowest BCUT2D eigenvalue weighted by Gasteiger charge is -2.33. The molecule has 0 radical (unpaired) electrons. The van der Waals surface area contributed by atoms with Crippen LogP contribution in [0.2, 0.25) is 0 Å². The lowest BCUT2D eigenvalue weighted by molar-refractivity contribution is -0.133. The van der Waals surface area contributed by atoms with Gasteiger partial charge in [0.1, 0.15) is 0 Å². The van der Waals surface area contributed by atoms with E-state index >= 15 is 0 Å². The molecule has 2 fully saturated rings. The summed E-state index contributed by atoms with van der Waals surface area (Å²) in [6.45, 7) is 3.48. The Balaban J connectivity index is 1.32. The van der Waals surface area contributed by atoms with E-state index in [9.17, 15) is 4.79 Å². The molecular weight excluding hydrogens is 370 g/mol. The largest absolute Gasteiger partial charge is 0.381 e. The van der Waals surface area contributed by atoms with Crippen LogP contribution in [0.25, 0.3) is 0 Å². The molecular formula is C22H27N3O2S. The zero-order chi connectivity index (χ0) is 19.0. The minimum absolute atomic E-state index is 0.0682. The van der Waals surface area contributed by atoms with E-state index in [0.717, 1.165) is 81.3 Å². The first kappa shape index (κ1) is 18.1. The maximum absolute atomic E-state index is 13.4. The number of carbonyl (C=O) groups is 1. The number of aryl methyl sites for hydroxylation is 1. The van der Waals surface area contributed by atoms with Crippen LogP contribution in [-0.4, -0.2) is 42.1 Å². The van der Waals surface area contributed by atoms with Crippen LogP contribution < -0.4 is 5.32 Å². The molecule has 2 aromatic rings. The van der Waals surface area contributed by atoms with Crippen molar-refractivity contribution >= 4 is 28.1 Å². The standard InChI is InChI=1S/C22H27N3O2S/c26-20(25-12-9-22(15-25)10-13-27-14-11-22)17-7-4-8-18-19(17)24-21(28-18)23-16-5-2-1-3-6-16/h1-3,5-6,17H,4,7-15H2,(H,23,24). The summed E-state index contributed by atoms with van der Waals surface area (Å²) in [5.41, 5.74) is 2.36. The Hall–Kier alpha value is -1.92. The van der Waals surface area contributed by atoms with Gasteiger partial charge in [0.15, 0.2) is 5.13 Å². The Morgan fingerprint density at radius 3 is 2.86 bits per heavy atom. The van der Waals surface area contributed by atoms with Crippen LogP contribution in [0, 0.1) is 5.41 Å². The summed E-state index contributed by atoms with van der Waals surface area (Å²) in [7, 11) is 0. The van der Waals surface area contributed by atoms with E-state index in [1.165, 1.54) is 4.88 Å². The highest BCUT2D eigenvalue weighted by Crippen LogP contribution is 2.43. The summed E-state index contributed by atoms with van der Waals surface area (Å²) >= 11 is 1.71. The SMILES string of the molecule is O=C(C1CCCc2sc(Nc3ccccc3)nc21)N1CCC2(CCOCC2)C1. The van der Waals surface area contributed by atoms with E-state index in [2.05, 4.69) is 10.2 Å². The van der Waals surface area contributed by atoms with Gasteiger partial charge in [-0.1, -0.05) is 18.2 Å². The number of rotatable bonds is 3. The molecule has 1 aromatic heterocycles. The fourth-order valence-electron chi connectivity index (χ4n) is 4.91. The van der Waals surface area contributed by atoms with E-state index < -0.39 is 0 Å². The number of para-hydroxylation sites is 1. The molecule has 148 valence electrons. The van der Waals surface area contributed by atoms with E-state index in [1.807, 2.05) is 30.3 Å². The Morgan fingerprint density at radius 2 is 2.04 bits per heavy atom. The van der Waals surface area contributed by atoms with Crippen LogP contribution >= 0.6 is 11.3 Å². The number of aromatic nitrogens is 1. The highest BCUT2D eigenvalue weighted by molar-refractivity contribution is 7.15. The second-order valence-electron chi connectivity index (χ2n) is 8.39. The Bertz CT molecular complexity index is 845. The number of nitrogens with zero attached hydrogens (tertiary/aromatic N) is 2. The van der Waals surface area contributed by atoms with E-state index in [1.54, 1.807) is 11.3 Å². The summed E-state index contributed by atoms with van der Waals surface area (Å²) in [5.74, 6) is 0.224. The molecule has 5 rings (SSSR count). The number of fused-ring (bicyclic) bond motifs is 1. The van der Waals surface area contributed by atoms with Gasteiger partial charge < -0.3 is 15.0 Å². The third kappa shape index (κ3) is 3.44. The monoisotopic (exact) mass is 397 g/mol. The van der Waals surface area contributed by atoms with Crippen molar-refractivity contribution in [3.05, 3.63) is 40.9 Å². The number of thiazole rings is 1. The predicted octanol–water partition coefficient (Wildman–Crippen LogP) is 4.34. The summed E-state index contributed by atoms with van der Waals surface area (Å²) in [6.07, 6.45) is 6.34. The third-order valence-corrected chi connectivity index (χ3v) is 7.63. The topological polar surface area (TPSA) is 54.5 Å². The van der Waals surface area contributed by atoms with Crippen LogP contribution in [0.3, 0.4) is 0 Å². The first-order chi connectivity index (χ1) is 13.7. The fraction of sp³-hybridized carbons (Fsp3) is 0.545. The lowest BCUT2D eigenvalue weighted by atomic mass is 9.79. The number of likely N-dealkylation sites (tertiary alicyclic amines) is 1. The van der Waals surface area contributed by atoms with Crippen molar-refractivity contribution in [1.29, 1.82) is 0 Å². The van der Waals surface area contributed by atoms with Crippen molar-refractivity contribution in [3.8, 4) is 0 Å².